The van der Waals surface area contributed by atoms with E-state index >= 15 is 0 Å². The summed E-state index contributed by atoms with van der Waals surface area (Å²) in [5.41, 5.74) is 1.74. The first-order chi connectivity index (χ1) is 11.3. The van der Waals surface area contributed by atoms with Crippen molar-refractivity contribution in [1.29, 1.82) is 0 Å². The monoisotopic (exact) mass is 397 g/mol. The molecule has 0 spiro atoms. The van der Waals surface area contributed by atoms with Gasteiger partial charge in [0, 0.05) is 32.2 Å². The predicted molar refractivity (Wildman–Crippen MR) is 98.1 cm³/mol. The van der Waals surface area contributed by atoms with Crippen LogP contribution in [-0.2, 0) is 4.74 Å². The summed E-state index contributed by atoms with van der Waals surface area (Å²) in [6.45, 7) is 8.56. The lowest BCUT2D eigenvalue weighted by Gasteiger charge is -2.46. The second-order valence-electron chi connectivity index (χ2n) is 7.16. The van der Waals surface area contributed by atoms with Gasteiger partial charge in [0.1, 0.15) is 11.4 Å². The fourth-order valence-corrected chi connectivity index (χ4v) is 3.65. The molecule has 0 unspecified atom stereocenters. The molecule has 2 aliphatic rings. The van der Waals surface area contributed by atoms with E-state index in [1.54, 1.807) is 12.0 Å². The molecule has 24 heavy (non-hydrogen) atoms. The van der Waals surface area contributed by atoms with Crippen LogP contribution in [0.15, 0.2) is 16.6 Å². The number of benzene rings is 1. The molecule has 2 heterocycles. The molecule has 1 aromatic carbocycles. The molecule has 1 atom stereocenters. The van der Waals surface area contributed by atoms with Crippen molar-refractivity contribution >= 4 is 33.4 Å². The molecule has 1 saturated heterocycles. The smallest absolute Gasteiger partial charge is 0.410 e. The average molecular weight is 398 g/mol. The topological polar surface area (TPSA) is 54.0 Å². The first-order valence-corrected chi connectivity index (χ1v) is 8.94. The van der Waals surface area contributed by atoms with Gasteiger partial charge in [-0.15, -0.1) is 0 Å². The number of amides is 1. The third-order valence-electron chi connectivity index (χ3n) is 4.24. The molecule has 1 amide bonds. The standard InChI is InChI=1S/C17H24BrN3O3/c1-17(2,3)24-16(22)20-5-6-21-11(10-20)9-19-13-7-12(18)15(23-4)8-14(13)21/h7-8,11,19H,5-6,9-10H2,1-4H3/t11-/m0/s1. The Labute approximate surface area is 151 Å². The molecule has 1 N–H and O–H groups in total. The van der Waals surface area contributed by atoms with Gasteiger partial charge in [0.25, 0.3) is 0 Å². The lowest BCUT2D eigenvalue weighted by molar-refractivity contribution is 0.0217. The second kappa shape index (κ2) is 6.35. The van der Waals surface area contributed by atoms with Gasteiger partial charge in [0.15, 0.2) is 0 Å². The SMILES string of the molecule is COc1cc2c(cc1Br)NC[C@H]1CN(C(=O)OC(C)(C)C)CCN21. The summed E-state index contributed by atoms with van der Waals surface area (Å²) in [6.07, 6.45) is -0.235. The molecule has 6 nitrogen and oxygen atoms in total. The van der Waals surface area contributed by atoms with Crippen LogP contribution in [0.4, 0.5) is 16.2 Å². The average Bonchev–Trinajstić information content (AvgIpc) is 2.51. The number of ether oxygens (including phenoxy) is 2. The van der Waals surface area contributed by atoms with Crippen LogP contribution in [0.3, 0.4) is 0 Å². The molecule has 0 aromatic heterocycles. The molecule has 132 valence electrons. The van der Waals surface area contributed by atoms with E-state index in [2.05, 4.69) is 26.1 Å². The molecule has 2 aliphatic heterocycles. The van der Waals surface area contributed by atoms with Crippen LogP contribution in [0.25, 0.3) is 0 Å². The van der Waals surface area contributed by atoms with Crippen molar-refractivity contribution < 1.29 is 14.3 Å². The van der Waals surface area contributed by atoms with Crippen molar-refractivity contribution in [2.75, 3.05) is 43.5 Å². The van der Waals surface area contributed by atoms with Crippen LogP contribution >= 0.6 is 15.9 Å². The molecule has 0 bridgehead atoms. The third kappa shape index (κ3) is 3.41. The fraction of sp³-hybridized carbons (Fsp3) is 0.588. The number of piperazine rings is 1. The second-order valence-corrected chi connectivity index (χ2v) is 8.01. The number of nitrogens with one attached hydrogen (secondary N) is 1. The van der Waals surface area contributed by atoms with Crippen LogP contribution < -0.4 is 15.0 Å². The van der Waals surface area contributed by atoms with Crippen molar-refractivity contribution in [3.63, 3.8) is 0 Å². The highest BCUT2D eigenvalue weighted by Crippen LogP contribution is 2.40. The lowest BCUT2D eigenvalue weighted by atomic mass is 10.1. The Bertz CT molecular complexity index is 645. The summed E-state index contributed by atoms with van der Waals surface area (Å²) in [6, 6.07) is 4.32. The number of carbonyl (C=O) groups is 1. The summed E-state index contributed by atoms with van der Waals surface area (Å²) in [7, 11) is 1.67. The Hall–Kier alpha value is -1.63. The van der Waals surface area contributed by atoms with Crippen LogP contribution in [-0.4, -0.2) is 55.9 Å². The fourth-order valence-electron chi connectivity index (χ4n) is 3.15. The number of hydrogen-bond donors (Lipinski definition) is 1. The van der Waals surface area contributed by atoms with Crippen LogP contribution in [0, 0.1) is 0 Å². The van der Waals surface area contributed by atoms with E-state index in [4.69, 9.17) is 9.47 Å². The summed E-state index contributed by atoms with van der Waals surface area (Å²) in [4.78, 5) is 16.5. The number of methoxy groups -OCH3 is 1. The number of fused-ring (bicyclic) bond motifs is 3. The summed E-state index contributed by atoms with van der Waals surface area (Å²) >= 11 is 3.53. The largest absolute Gasteiger partial charge is 0.495 e. The van der Waals surface area contributed by atoms with Crippen molar-refractivity contribution in [1.82, 2.24) is 4.90 Å². The number of halogens is 1. The third-order valence-corrected chi connectivity index (χ3v) is 4.86. The van der Waals surface area contributed by atoms with E-state index in [0.717, 1.165) is 34.7 Å². The Morgan fingerprint density at radius 3 is 2.75 bits per heavy atom. The van der Waals surface area contributed by atoms with Crippen LogP contribution in [0.5, 0.6) is 5.75 Å². The Balaban J connectivity index is 1.76. The highest BCUT2D eigenvalue weighted by Gasteiger charge is 2.35. The number of rotatable bonds is 1. The Morgan fingerprint density at radius 1 is 1.33 bits per heavy atom. The molecule has 3 rings (SSSR count). The first-order valence-electron chi connectivity index (χ1n) is 8.14. The van der Waals surface area contributed by atoms with E-state index in [1.165, 1.54) is 0 Å². The molecule has 1 aromatic rings. The predicted octanol–water partition coefficient (Wildman–Crippen LogP) is 3.31. The number of hydrogen-bond acceptors (Lipinski definition) is 5. The van der Waals surface area contributed by atoms with Gasteiger partial charge in [0.05, 0.1) is 29.0 Å². The normalized spacial score (nSPS) is 20.0. The minimum Gasteiger partial charge on any atom is -0.495 e. The lowest BCUT2D eigenvalue weighted by Crippen LogP contribution is -2.59. The van der Waals surface area contributed by atoms with Gasteiger partial charge in [-0.05, 0) is 42.8 Å². The molecule has 0 aliphatic carbocycles. The molecular formula is C17H24BrN3O3. The minimum atomic E-state index is -0.467. The van der Waals surface area contributed by atoms with Crippen molar-refractivity contribution in [3.8, 4) is 5.75 Å². The van der Waals surface area contributed by atoms with Gasteiger partial charge in [-0.3, -0.25) is 0 Å². The number of carbonyl (C=O) groups excluding carboxylic acids is 1. The van der Waals surface area contributed by atoms with Crippen LogP contribution in [0.1, 0.15) is 20.8 Å². The molecule has 0 saturated carbocycles. The van der Waals surface area contributed by atoms with Gasteiger partial charge in [-0.1, -0.05) is 0 Å². The van der Waals surface area contributed by atoms with Crippen LogP contribution in [0.2, 0.25) is 0 Å². The van der Waals surface area contributed by atoms with Crippen molar-refractivity contribution in [3.05, 3.63) is 16.6 Å². The van der Waals surface area contributed by atoms with Crippen molar-refractivity contribution in [2.45, 2.75) is 32.4 Å². The Kier molecular flexibility index (Phi) is 4.55. The maximum atomic E-state index is 12.3. The van der Waals surface area contributed by atoms with Gasteiger partial charge in [-0.25, -0.2) is 4.79 Å². The zero-order valence-corrected chi connectivity index (χ0v) is 16.1. The zero-order chi connectivity index (χ0) is 17.5. The quantitative estimate of drug-likeness (QED) is 0.787. The van der Waals surface area contributed by atoms with E-state index < -0.39 is 5.60 Å². The van der Waals surface area contributed by atoms with E-state index in [1.807, 2.05) is 32.9 Å². The van der Waals surface area contributed by atoms with Crippen molar-refractivity contribution in [2.24, 2.45) is 0 Å². The maximum Gasteiger partial charge on any atom is 0.410 e. The maximum absolute atomic E-state index is 12.3. The molecule has 0 radical (unpaired) electrons. The summed E-state index contributed by atoms with van der Waals surface area (Å²) in [5.74, 6) is 0.811. The van der Waals surface area contributed by atoms with Gasteiger partial charge in [0.2, 0.25) is 0 Å². The minimum absolute atomic E-state index is 0.227. The number of nitrogens with zero attached hydrogens (tertiary/aromatic N) is 2. The first kappa shape index (κ1) is 17.2. The Morgan fingerprint density at radius 2 is 2.08 bits per heavy atom. The highest BCUT2D eigenvalue weighted by atomic mass is 79.9. The molecule has 7 heteroatoms. The van der Waals surface area contributed by atoms with Gasteiger partial charge >= 0.3 is 6.09 Å². The molecule has 1 fully saturated rings. The zero-order valence-electron chi connectivity index (χ0n) is 14.6. The highest BCUT2D eigenvalue weighted by molar-refractivity contribution is 9.10. The van der Waals surface area contributed by atoms with Gasteiger partial charge < -0.3 is 24.6 Å². The van der Waals surface area contributed by atoms with E-state index in [-0.39, 0.29) is 12.1 Å². The summed E-state index contributed by atoms with van der Waals surface area (Å²) in [5, 5.41) is 3.46. The van der Waals surface area contributed by atoms with Gasteiger partial charge in [-0.2, -0.15) is 0 Å². The number of anilines is 2. The van der Waals surface area contributed by atoms with E-state index in [0.29, 0.717) is 13.1 Å². The molecular weight excluding hydrogens is 374 g/mol. The summed E-state index contributed by atoms with van der Waals surface area (Å²) < 4.78 is 11.9. The van der Waals surface area contributed by atoms with E-state index in [9.17, 15) is 4.79 Å².